The van der Waals surface area contributed by atoms with Gasteiger partial charge in [-0.25, -0.2) is 9.97 Å². The number of anilines is 1. The van der Waals surface area contributed by atoms with Crippen molar-refractivity contribution in [2.45, 2.75) is 37.8 Å². The number of nitrogens with zero attached hydrogens (tertiary/aromatic N) is 2. The van der Waals surface area contributed by atoms with Crippen LogP contribution in [0.15, 0.2) is 18.5 Å². The minimum atomic E-state index is 0.393. The summed E-state index contributed by atoms with van der Waals surface area (Å²) in [6.07, 6.45) is 7.96. The predicted octanol–water partition coefficient (Wildman–Crippen LogP) is 1.16. The smallest absolute Gasteiger partial charge is 0.222 e. The zero-order valence-corrected chi connectivity index (χ0v) is 8.19. The average molecular weight is 192 g/mol. The van der Waals surface area contributed by atoms with Crippen LogP contribution >= 0.6 is 0 Å². The first-order valence-corrected chi connectivity index (χ1v) is 5.14. The van der Waals surface area contributed by atoms with Crippen molar-refractivity contribution in [1.29, 1.82) is 0 Å². The Morgan fingerprint density at radius 1 is 1.14 bits per heavy atom. The lowest BCUT2D eigenvalue weighted by Gasteiger charge is -2.26. The minimum absolute atomic E-state index is 0.393. The van der Waals surface area contributed by atoms with E-state index in [9.17, 15) is 0 Å². The first-order valence-electron chi connectivity index (χ1n) is 5.14. The largest absolute Gasteiger partial charge is 0.351 e. The molecule has 4 heteroatoms. The van der Waals surface area contributed by atoms with E-state index < -0.39 is 0 Å². The second-order valence-corrected chi connectivity index (χ2v) is 3.83. The Balaban J connectivity index is 1.87. The Hall–Kier alpha value is -1.16. The highest BCUT2D eigenvalue weighted by Gasteiger charge is 2.18. The van der Waals surface area contributed by atoms with E-state index in [1.807, 2.05) is 6.07 Å². The van der Waals surface area contributed by atoms with Crippen molar-refractivity contribution in [1.82, 2.24) is 9.97 Å². The van der Waals surface area contributed by atoms with Crippen LogP contribution < -0.4 is 11.1 Å². The van der Waals surface area contributed by atoms with Crippen molar-refractivity contribution in [3.05, 3.63) is 18.5 Å². The summed E-state index contributed by atoms with van der Waals surface area (Å²) in [6, 6.07) is 2.71. The second-order valence-electron chi connectivity index (χ2n) is 3.83. The molecule has 14 heavy (non-hydrogen) atoms. The maximum atomic E-state index is 5.83. The fourth-order valence-corrected chi connectivity index (χ4v) is 1.82. The molecule has 0 spiro atoms. The molecule has 3 N–H and O–H groups in total. The van der Waals surface area contributed by atoms with Gasteiger partial charge in [0.2, 0.25) is 5.95 Å². The van der Waals surface area contributed by atoms with E-state index in [0.29, 0.717) is 12.1 Å². The van der Waals surface area contributed by atoms with Gasteiger partial charge >= 0.3 is 0 Å². The van der Waals surface area contributed by atoms with Crippen LogP contribution in [0.3, 0.4) is 0 Å². The number of aromatic nitrogens is 2. The number of hydrogen-bond acceptors (Lipinski definition) is 4. The average Bonchev–Trinajstić information content (AvgIpc) is 2.23. The van der Waals surface area contributed by atoms with Crippen LogP contribution in [0.4, 0.5) is 5.95 Å². The topological polar surface area (TPSA) is 63.8 Å². The molecule has 1 aliphatic rings. The van der Waals surface area contributed by atoms with Gasteiger partial charge in [0.25, 0.3) is 0 Å². The van der Waals surface area contributed by atoms with Gasteiger partial charge in [0.15, 0.2) is 0 Å². The molecule has 2 rings (SSSR count). The quantitative estimate of drug-likeness (QED) is 0.738. The van der Waals surface area contributed by atoms with Gasteiger partial charge in [-0.05, 0) is 31.7 Å². The second kappa shape index (κ2) is 4.37. The third-order valence-electron chi connectivity index (χ3n) is 2.67. The molecule has 76 valence electrons. The molecule has 1 aromatic heterocycles. The first-order chi connectivity index (χ1) is 6.84. The Morgan fingerprint density at radius 3 is 2.43 bits per heavy atom. The van der Waals surface area contributed by atoms with E-state index in [2.05, 4.69) is 15.3 Å². The van der Waals surface area contributed by atoms with Crippen molar-refractivity contribution in [3.63, 3.8) is 0 Å². The molecule has 0 atom stereocenters. The molecule has 0 aromatic carbocycles. The number of hydrogen-bond donors (Lipinski definition) is 2. The number of nitrogens with two attached hydrogens (primary N) is 1. The molecule has 0 radical (unpaired) electrons. The summed E-state index contributed by atoms with van der Waals surface area (Å²) in [4.78, 5) is 8.28. The molecule has 0 aliphatic heterocycles. The highest BCUT2D eigenvalue weighted by Crippen LogP contribution is 2.19. The fourth-order valence-electron chi connectivity index (χ4n) is 1.82. The molecular formula is C10H16N4. The van der Waals surface area contributed by atoms with Gasteiger partial charge in [0, 0.05) is 24.5 Å². The first kappa shape index (κ1) is 9.40. The molecule has 0 amide bonds. The van der Waals surface area contributed by atoms with Crippen molar-refractivity contribution >= 4 is 5.95 Å². The molecule has 0 unspecified atom stereocenters. The summed E-state index contributed by atoms with van der Waals surface area (Å²) >= 11 is 0. The van der Waals surface area contributed by atoms with Gasteiger partial charge in [0.1, 0.15) is 0 Å². The number of rotatable bonds is 2. The predicted molar refractivity (Wildman–Crippen MR) is 55.9 cm³/mol. The van der Waals surface area contributed by atoms with Gasteiger partial charge in [-0.2, -0.15) is 0 Å². The van der Waals surface area contributed by atoms with Crippen LogP contribution in [0.1, 0.15) is 25.7 Å². The highest BCUT2D eigenvalue weighted by atomic mass is 15.1. The molecule has 1 heterocycles. The van der Waals surface area contributed by atoms with E-state index >= 15 is 0 Å². The fraction of sp³-hybridized carbons (Fsp3) is 0.600. The molecule has 0 saturated heterocycles. The van der Waals surface area contributed by atoms with Gasteiger partial charge in [0.05, 0.1) is 0 Å². The van der Waals surface area contributed by atoms with Crippen molar-refractivity contribution in [2.75, 3.05) is 5.32 Å². The molecule has 4 nitrogen and oxygen atoms in total. The van der Waals surface area contributed by atoms with Crippen LogP contribution in [0.2, 0.25) is 0 Å². The molecule has 0 bridgehead atoms. The summed E-state index contributed by atoms with van der Waals surface area (Å²) in [5.74, 6) is 0.730. The van der Waals surface area contributed by atoms with E-state index in [-0.39, 0.29) is 0 Å². The van der Waals surface area contributed by atoms with Crippen LogP contribution in [0, 0.1) is 0 Å². The van der Waals surface area contributed by atoms with Gasteiger partial charge < -0.3 is 11.1 Å². The zero-order chi connectivity index (χ0) is 9.80. The lowest BCUT2D eigenvalue weighted by atomic mass is 9.92. The van der Waals surface area contributed by atoms with Crippen LogP contribution in [0.25, 0.3) is 0 Å². The van der Waals surface area contributed by atoms with E-state index in [1.54, 1.807) is 12.4 Å². The third kappa shape index (κ3) is 2.42. The van der Waals surface area contributed by atoms with Crippen LogP contribution in [0.5, 0.6) is 0 Å². The zero-order valence-electron chi connectivity index (χ0n) is 8.19. The number of nitrogens with one attached hydrogen (secondary N) is 1. The van der Waals surface area contributed by atoms with E-state index in [4.69, 9.17) is 5.73 Å². The van der Waals surface area contributed by atoms with Gasteiger partial charge in [-0.15, -0.1) is 0 Å². The van der Waals surface area contributed by atoms with Crippen LogP contribution in [-0.2, 0) is 0 Å². The molecular weight excluding hydrogens is 176 g/mol. The van der Waals surface area contributed by atoms with Crippen LogP contribution in [-0.4, -0.2) is 22.1 Å². The molecule has 1 saturated carbocycles. The SMILES string of the molecule is N[C@H]1CC[C@H](Nc2ncccn2)CC1. The van der Waals surface area contributed by atoms with Crippen molar-refractivity contribution in [2.24, 2.45) is 5.73 Å². The summed E-state index contributed by atoms with van der Waals surface area (Å²) in [5, 5.41) is 3.32. The Labute approximate surface area is 83.9 Å². The Bertz CT molecular complexity index is 267. The monoisotopic (exact) mass is 192 g/mol. The highest BCUT2D eigenvalue weighted by molar-refractivity contribution is 5.24. The summed E-state index contributed by atoms with van der Waals surface area (Å²) < 4.78 is 0. The maximum absolute atomic E-state index is 5.83. The maximum Gasteiger partial charge on any atom is 0.222 e. The summed E-state index contributed by atoms with van der Waals surface area (Å²) in [6.45, 7) is 0. The van der Waals surface area contributed by atoms with Crippen molar-refractivity contribution in [3.8, 4) is 0 Å². The normalized spacial score (nSPS) is 27.2. The lowest BCUT2D eigenvalue weighted by Crippen LogP contribution is -2.33. The van der Waals surface area contributed by atoms with E-state index in [1.165, 1.54) is 0 Å². The summed E-state index contributed by atoms with van der Waals surface area (Å²) in [5.41, 5.74) is 5.83. The molecule has 1 aromatic rings. The lowest BCUT2D eigenvalue weighted by molar-refractivity contribution is 0.410. The van der Waals surface area contributed by atoms with Gasteiger partial charge in [-0.3, -0.25) is 0 Å². The Morgan fingerprint density at radius 2 is 1.79 bits per heavy atom. The molecule has 1 fully saturated rings. The standard InChI is InChI=1S/C10H16N4/c11-8-2-4-9(5-3-8)14-10-12-6-1-7-13-10/h1,6-9H,2-5,11H2,(H,12,13,14)/t8-,9-. The van der Waals surface area contributed by atoms with E-state index in [0.717, 1.165) is 31.6 Å². The third-order valence-corrected chi connectivity index (χ3v) is 2.67. The van der Waals surface area contributed by atoms with Crippen molar-refractivity contribution < 1.29 is 0 Å². The minimum Gasteiger partial charge on any atom is -0.351 e. The Kier molecular flexibility index (Phi) is 2.93. The van der Waals surface area contributed by atoms with Gasteiger partial charge in [-0.1, -0.05) is 0 Å². The summed E-state index contributed by atoms with van der Waals surface area (Å²) in [7, 11) is 0. The molecule has 1 aliphatic carbocycles.